The van der Waals surface area contributed by atoms with Crippen molar-refractivity contribution >= 4 is 23.6 Å². The first-order valence-corrected chi connectivity index (χ1v) is 16.3. The van der Waals surface area contributed by atoms with Gasteiger partial charge in [-0.15, -0.1) is 6.42 Å². The molecule has 7 nitrogen and oxygen atoms in total. The van der Waals surface area contributed by atoms with Crippen LogP contribution in [0.3, 0.4) is 0 Å². The molecule has 7 heteroatoms. The van der Waals surface area contributed by atoms with Crippen molar-refractivity contribution in [2.24, 2.45) is 0 Å². The molecule has 3 amide bonds. The number of anilines is 1. The normalized spacial score (nSPS) is 12.3. The van der Waals surface area contributed by atoms with Crippen LogP contribution >= 0.6 is 0 Å². The first kappa shape index (κ1) is 35.9. The van der Waals surface area contributed by atoms with Crippen LogP contribution in [0, 0.1) is 19.3 Å². The van der Waals surface area contributed by atoms with E-state index in [0.29, 0.717) is 29.8 Å². The van der Waals surface area contributed by atoms with Crippen molar-refractivity contribution in [1.82, 2.24) is 10.2 Å². The number of unbranched alkanes of at least 4 members (excludes halogenated alkanes) is 5. The fraction of sp³-hybridized carbons (Fsp3) is 0.410. The summed E-state index contributed by atoms with van der Waals surface area (Å²) in [6, 6.07) is 22.2. The predicted molar refractivity (Wildman–Crippen MR) is 185 cm³/mol. The molecule has 0 aromatic heterocycles. The van der Waals surface area contributed by atoms with Crippen LogP contribution in [0.25, 0.3) is 0 Å². The van der Waals surface area contributed by atoms with E-state index in [2.05, 4.69) is 23.5 Å². The van der Waals surface area contributed by atoms with Crippen molar-refractivity contribution < 1.29 is 19.1 Å². The summed E-state index contributed by atoms with van der Waals surface area (Å²) < 4.78 is 5.56. The second kappa shape index (κ2) is 17.8. The number of aryl methyl sites for hydroxylation is 1. The smallest absolute Gasteiger partial charge is 0.408 e. The molecule has 244 valence electrons. The lowest BCUT2D eigenvalue weighted by Gasteiger charge is -2.35. The molecule has 46 heavy (non-hydrogen) atoms. The van der Waals surface area contributed by atoms with Gasteiger partial charge in [-0.1, -0.05) is 106 Å². The fourth-order valence-corrected chi connectivity index (χ4v) is 5.28. The molecular weight excluding hydrogens is 574 g/mol. The third kappa shape index (κ3) is 11.4. The fourth-order valence-electron chi connectivity index (χ4n) is 5.28. The van der Waals surface area contributed by atoms with Gasteiger partial charge < -0.3 is 20.3 Å². The highest BCUT2D eigenvalue weighted by molar-refractivity contribution is 5.99. The van der Waals surface area contributed by atoms with Gasteiger partial charge in [0.25, 0.3) is 5.91 Å². The molecule has 0 bridgehead atoms. The van der Waals surface area contributed by atoms with Crippen LogP contribution in [-0.4, -0.2) is 41.0 Å². The number of hydrogen-bond donors (Lipinski definition) is 2. The molecule has 0 radical (unpaired) electrons. The zero-order valence-electron chi connectivity index (χ0n) is 28.0. The average Bonchev–Trinajstić information content (AvgIpc) is 3.02. The Morgan fingerprint density at radius 1 is 0.870 bits per heavy atom. The maximum Gasteiger partial charge on any atom is 0.408 e. The van der Waals surface area contributed by atoms with Gasteiger partial charge in [-0.05, 0) is 69.0 Å². The molecule has 0 aliphatic heterocycles. The molecule has 0 saturated heterocycles. The predicted octanol–water partition coefficient (Wildman–Crippen LogP) is 7.98. The number of alkyl carbamates (subject to hydrolysis) is 1. The number of terminal acetylenes is 1. The molecule has 0 aliphatic carbocycles. The Kier molecular flexibility index (Phi) is 13.9. The Morgan fingerprint density at radius 3 is 2.13 bits per heavy atom. The van der Waals surface area contributed by atoms with E-state index in [4.69, 9.17) is 11.2 Å². The second-order valence-corrected chi connectivity index (χ2v) is 12.7. The van der Waals surface area contributed by atoms with Crippen LogP contribution < -0.4 is 10.6 Å². The third-order valence-electron chi connectivity index (χ3n) is 7.66. The van der Waals surface area contributed by atoms with Crippen molar-refractivity contribution in [2.45, 2.75) is 97.2 Å². The first-order chi connectivity index (χ1) is 22.0. The van der Waals surface area contributed by atoms with Crippen LogP contribution in [0.4, 0.5) is 10.5 Å². The molecule has 0 saturated carbocycles. The molecular formula is C39H49N3O4. The maximum atomic E-state index is 14.7. The van der Waals surface area contributed by atoms with Gasteiger partial charge in [0.1, 0.15) is 17.7 Å². The number of benzene rings is 3. The van der Waals surface area contributed by atoms with E-state index in [0.717, 1.165) is 43.2 Å². The number of ether oxygens (including phenoxy) is 1. The van der Waals surface area contributed by atoms with Crippen LogP contribution in [0.1, 0.15) is 94.5 Å². The largest absolute Gasteiger partial charge is 0.444 e. The number of carbonyl (C=O) groups excluding carboxylic acids is 3. The Morgan fingerprint density at radius 2 is 1.50 bits per heavy atom. The van der Waals surface area contributed by atoms with E-state index < -0.39 is 23.8 Å². The summed E-state index contributed by atoms with van der Waals surface area (Å²) in [6.45, 7) is 9.75. The average molecular weight is 624 g/mol. The van der Waals surface area contributed by atoms with Gasteiger partial charge in [0.2, 0.25) is 5.91 Å². The highest BCUT2D eigenvalue weighted by Gasteiger charge is 2.36. The van der Waals surface area contributed by atoms with Crippen molar-refractivity contribution in [1.29, 1.82) is 0 Å². The molecule has 2 atom stereocenters. The standard InChI is InChI=1S/C39H49N3O4/c1-7-9-10-11-12-18-27-42(37(44)34(28-31-20-14-13-15-21-31)41-38(45)46-39(4,5)6)35(32-25-23-30(8-2)24-26-32)36(43)40-33-22-17-16-19-29(33)3/h2,13-17,19-26,34-35H,7,9-12,18,27-28H2,1,3-6H3,(H,40,43)(H,41,45). The summed E-state index contributed by atoms with van der Waals surface area (Å²) in [5.74, 6) is 1.91. The minimum Gasteiger partial charge on any atom is -0.444 e. The number of para-hydroxylation sites is 1. The zero-order valence-corrected chi connectivity index (χ0v) is 28.0. The molecule has 0 spiro atoms. The van der Waals surface area contributed by atoms with Gasteiger partial charge in [0, 0.05) is 24.2 Å². The molecule has 3 aromatic rings. The van der Waals surface area contributed by atoms with E-state index in [9.17, 15) is 14.4 Å². The summed E-state index contributed by atoms with van der Waals surface area (Å²) in [5.41, 5.74) is 2.98. The SMILES string of the molecule is C#Cc1ccc(C(C(=O)Nc2ccccc2C)N(CCCCCCCC)C(=O)C(Cc2ccccc2)NC(=O)OC(C)(C)C)cc1. The van der Waals surface area contributed by atoms with Crippen LogP contribution in [0.2, 0.25) is 0 Å². The van der Waals surface area contributed by atoms with E-state index in [1.807, 2.05) is 61.5 Å². The van der Waals surface area contributed by atoms with Gasteiger partial charge in [0.05, 0.1) is 0 Å². The summed E-state index contributed by atoms with van der Waals surface area (Å²) in [4.78, 5) is 43.7. The van der Waals surface area contributed by atoms with E-state index >= 15 is 0 Å². The Labute approximate surface area is 275 Å². The minimum atomic E-state index is -0.978. The number of nitrogens with one attached hydrogen (secondary N) is 2. The molecule has 0 fully saturated rings. The summed E-state index contributed by atoms with van der Waals surface area (Å²) >= 11 is 0. The van der Waals surface area contributed by atoms with Crippen molar-refractivity contribution in [3.63, 3.8) is 0 Å². The molecule has 0 heterocycles. The molecule has 3 aromatic carbocycles. The van der Waals surface area contributed by atoms with Crippen LogP contribution in [0.15, 0.2) is 78.9 Å². The summed E-state index contributed by atoms with van der Waals surface area (Å²) in [6.07, 6.45) is 11.2. The minimum absolute atomic E-state index is 0.230. The second-order valence-electron chi connectivity index (χ2n) is 12.7. The molecule has 0 aliphatic rings. The third-order valence-corrected chi connectivity index (χ3v) is 7.66. The van der Waals surface area contributed by atoms with Gasteiger partial charge in [-0.25, -0.2) is 4.79 Å². The number of hydrogen-bond acceptors (Lipinski definition) is 4. The van der Waals surface area contributed by atoms with Crippen molar-refractivity contribution in [3.8, 4) is 12.3 Å². The van der Waals surface area contributed by atoms with Crippen molar-refractivity contribution in [3.05, 3.63) is 101 Å². The molecule has 3 rings (SSSR count). The van der Waals surface area contributed by atoms with Gasteiger partial charge in [-0.3, -0.25) is 9.59 Å². The Hall–Kier alpha value is -4.57. The highest BCUT2D eigenvalue weighted by atomic mass is 16.6. The maximum absolute atomic E-state index is 14.7. The topological polar surface area (TPSA) is 87.7 Å². The highest BCUT2D eigenvalue weighted by Crippen LogP contribution is 2.27. The number of carbonyl (C=O) groups is 3. The summed E-state index contributed by atoms with van der Waals surface area (Å²) in [5, 5.41) is 5.90. The lowest BCUT2D eigenvalue weighted by Crippen LogP contribution is -2.53. The Bertz CT molecular complexity index is 1460. The molecule has 2 N–H and O–H groups in total. The van der Waals surface area contributed by atoms with E-state index in [1.54, 1.807) is 49.9 Å². The Balaban J connectivity index is 2.06. The quantitative estimate of drug-likeness (QED) is 0.133. The zero-order chi connectivity index (χ0) is 33.5. The van der Waals surface area contributed by atoms with Crippen LogP contribution in [0.5, 0.6) is 0 Å². The first-order valence-electron chi connectivity index (χ1n) is 16.3. The lowest BCUT2D eigenvalue weighted by atomic mass is 9.98. The van der Waals surface area contributed by atoms with Crippen molar-refractivity contribution in [2.75, 3.05) is 11.9 Å². The van der Waals surface area contributed by atoms with Gasteiger partial charge in [0.15, 0.2) is 0 Å². The van der Waals surface area contributed by atoms with E-state index in [1.165, 1.54) is 0 Å². The molecule has 2 unspecified atom stereocenters. The van der Waals surface area contributed by atoms with Crippen LogP contribution in [-0.2, 0) is 20.7 Å². The number of rotatable bonds is 15. The van der Waals surface area contributed by atoms with Gasteiger partial charge >= 0.3 is 6.09 Å². The van der Waals surface area contributed by atoms with Gasteiger partial charge in [-0.2, -0.15) is 0 Å². The number of nitrogens with zero attached hydrogens (tertiary/aromatic N) is 1. The monoisotopic (exact) mass is 623 g/mol. The van der Waals surface area contributed by atoms with E-state index in [-0.39, 0.29) is 18.2 Å². The summed E-state index contributed by atoms with van der Waals surface area (Å²) in [7, 11) is 0. The number of amides is 3. The lowest BCUT2D eigenvalue weighted by molar-refractivity contribution is -0.140.